The summed E-state index contributed by atoms with van der Waals surface area (Å²) < 4.78 is 4.38. The van der Waals surface area contributed by atoms with Gasteiger partial charge in [0.15, 0.2) is 6.29 Å². The first kappa shape index (κ1) is 22.1. The molecule has 1 rings (SSSR count). The van der Waals surface area contributed by atoms with Crippen molar-refractivity contribution in [3.05, 3.63) is 42.5 Å². The third kappa shape index (κ3) is 11.6. The van der Waals surface area contributed by atoms with Gasteiger partial charge in [0.2, 0.25) is 5.79 Å². The SMILES string of the molecule is C=C(C=O)C(=O)OC(C)(C)O.CC.CN(N)c1ccccc1. The van der Waals surface area contributed by atoms with Gasteiger partial charge in [0.05, 0.1) is 11.3 Å². The zero-order chi connectivity index (χ0) is 17.8. The largest absolute Gasteiger partial charge is 0.430 e. The van der Waals surface area contributed by atoms with Gasteiger partial charge in [0, 0.05) is 20.9 Å². The average molecular weight is 310 g/mol. The van der Waals surface area contributed by atoms with E-state index in [2.05, 4.69) is 11.3 Å². The van der Waals surface area contributed by atoms with Crippen molar-refractivity contribution in [2.75, 3.05) is 12.1 Å². The molecule has 124 valence electrons. The lowest BCUT2D eigenvalue weighted by molar-refractivity contribution is -0.190. The Morgan fingerprint density at radius 1 is 1.32 bits per heavy atom. The summed E-state index contributed by atoms with van der Waals surface area (Å²) in [4.78, 5) is 20.6. The normalized spacial score (nSPS) is 9.23. The van der Waals surface area contributed by atoms with Crippen molar-refractivity contribution in [3.8, 4) is 0 Å². The lowest BCUT2D eigenvalue weighted by Crippen LogP contribution is -2.28. The highest BCUT2D eigenvalue weighted by atomic mass is 16.7. The van der Waals surface area contributed by atoms with Crippen LogP contribution in [0.2, 0.25) is 0 Å². The topological polar surface area (TPSA) is 92.9 Å². The lowest BCUT2D eigenvalue weighted by Gasteiger charge is -2.17. The number of aldehydes is 1. The van der Waals surface area contributed by atoms with E-state index in [9.17, 15) is 9.59 Å². The molecule has 0 aliphatic rings. The van der Waals surface area contributed by atoms with Gasteiger partial charge in [-0.3, -0.25) is 4.79 Å². The molecule has 0 amide bonds. The Bertz CT molecular complexity index is 451. The molecule has 22 heavy (non-hydrogen) atoms. The van der Waals surface area contributed by atoms with E-state index in [-0.39, 0.29) is 11.9 Å². The molecule has 0 heterocycles. The van der Waals surface area contributed by atoms with E-state index in [1.807, 2.05) is 51.2 Å². The van der Waals surface area contributed by atoms with Crippen LogP contribution in [0.15, 0.2) is 42.5 Å². The van der Waals surface area contributed by atoms with Crippen LogP contribution in [-0.4, -0.2) is 30.2 Å². The van der Waals surface area contributed by atoms with Gasteiger partial charge < -0.3 is 14.9 Å². The number of hydrogen-bond acceptors (Lipinski definition) is 6. The molecule has 0 fully saturated rings. The number of aliphatic hydroxyl groups is 1. The Morgan fingerprint density at radius 3 is 2.05 bits per heavy atom. The van der Waals surface area contributed by atoms with Crippen molar-refractivity contribution in [2.45, 2.75) is 33.5 Å². The van der Waals surface area contributed by atoms with Gasteiger partial charge in [-0.1, -0.05) is 38.6 Å². The molecule has 1 aromatic carbocycles. The van der Waals surface area contributed by atoms with Crippen LogP contribution in [0, 0.1) is 0 Å². The van der Waals surface area contributed by atoms with Crippen molar-refractivity contribution in [2.24, 2.45) is 5.84 Å². The van der Waals surface area contributed by atoms with Crippen molar-refractivity contribution in [1.82, 2.24) is 0 Å². The second-order valence-electron chi connectivity index (χ2n) is 4.43. The van der Waals surface area contributed by atoms with Crippen molar-refractivity contribution in [3.63, 3.8) is 0 Å². The highest BCUT2D eigenvalue weighted by Gasteiger charge is 2.19. The van der Waals surface area contributed by atoms with Crippen molar-refractivity contribution < 1.29 is 19.4 Å². The first-order valence-corrected chi connectivity index (χ1v) is 6.80. The Kier molecular flexibility index (Phi) is 11.5. The van der Waals surface area contributed by atoms with E-state index in [4.69, 9.17) is 10.9 Å². The molecule has 1 aromatic rings. The van der Waals surface area contributed by atoms with Gasteiger partial charge in [-0.15, -0.1) is 0 Å². The number of anilines is 1. The summed E-state index contributed by atoms with van der Waals surface area (Å²) in [7, 11) is 1.81. The summed E-state index contributed by atoms with van der Waals surface area (Å²) in [6.07, 6.45) is 0.272. The van der Waals surface area contributed by atoms with Crippen molar-refractivity contribution in [1.29, 1.82) is 0 Å². The van der Waals surface area contributed by atoms with E-state index in [1.165, 1.54) is 13.8 Å². The lowest BCUT2D eigenvalue weighted by atomic mass is 10.3. The van der Waals surface area contributed by atoms with E-state index in [0.29, 0.717) is 0 Å². The molecule has 0 saturated carbocycles. The number of para-hydroxylation sites is 1. The smallest absolute Gasteiger partial charge is 0.343 e. The second-order valence-corrected chi connectivity index (χ2v) is 4.43. The van der Waals surface area contributed by atoms with Crippen LogP contribution in [0.5, 0.6) is 0 Å². The summed E-state index contributed by atoms with van der Waals surface area (Å²) in [5.74, 6) is 2.97. The molecule has 0 aromatic heterocycles. The molecule has 6 heteroatoms. The van der Waals surface area contributed by atoms with Gasteiger partial charge >= 0.3 is 5.97 Å². The second kappa shape index (κ2) is 11.5. The van der Waals surface area contributed by atoms with E-state index in [0.717, 1.165) is 5.69 Å². The number of rotatable bonds is 4. The Hall–Kier alpha value is -2.18. The van der Waals surface area contributed by atoms with Crippen LogP contribution in [0.1, 0.15) is 27.7 Å². The number of benzene rings is 1. The fourth-order valence-corrected chi connectivity index (χ4v) is 1.00. The van der Waals surface area contributed by atoms with Gasteiger partial charge in [0.1, 0.15) is 0 Å². The van der Waals surface area contributed by atoms with Gasteiger partial charge in [-0.2, -0.15) is 0 Å². The molecule has 0 bridgehead atoms. The number of esters is 1. The number of carbonyl (C=O) groups excluding carboxylic acids is 2. The van der Waals surface area contributed by atoms with Crippen LogP contribution in [0.25, 0.3) is 0 Å². The molecular formula is C16H26N2O4. The summed E-state index contributed by atoms with van der Waals surface area (Å²) >= 11 is 0. The van der Waals surface area contributed by atoms with Crippen molar-refractivity contribution >= 4 is 17.9 Å². The van der Waals surface area contributed by atoms with Gasteiger partial charge in [0.25, 0.3) is 0 Å². The fraction of sp³-hybridized carbons (Fsp3) is 0.375. The summed E-state index contributed by atoms with van der Waals surface area (Å²) in [5, 5.41) is 10.5. The van der Waals surface area contributed by atoms with Crippen LogP contribution in [-0.2, 0) is 14.3 Å². The number of nitrogens with zero attached hydrogens (tertiary/aromatic N) is 1. The third-order valence-corrected chi connectivity index (χ3v) is 1.91. The quantitative estimate of drug-likeness (QED) is 0.129. The zero-order valence-corrected chi connectivity index (χ0v) is 13.9. The molecule has 3 N–H and O–H groups in total. The Labute approximate surface area is 132 Å². The maximum absolute atomic E-state index is 10.7. The zero-order valence-electron chi connectivity index (χ0n) is 13.9. The molecule has 0 spiro atoms. The first-order chi connectivity index (χ1) is 10.2. The number of ether oxygens (including phenoxy) is 1. The van der Waals surface area contributed by atoms with Gasteiger partial charge in [-0.25, -0.2) is 10.6 Å². The predicted octanol–water partition coefficient (Wildman–Crippen LogP) is 2.04. The van der Waals surface area contributed by atoms with Crippen LogP contribution in [0.4, 0.5) is 5.69 Å². The monoisotopic (exact) mass is 310 g/mol. The Balaban J connectivity index is 0. The molecule has 0 aliphatic heterocycles. The molecular weight excluding hydrogens is 284 g/mol. The van der Waals surface area contributed by atoms with Crippen LogP contribution < -0.4 is 10.9 Å². The number of hydrazine groups is 1. The third-order valence-electron chi connectivity index (χ3n) is 1.91. The average Bonchev–Trinajstić information content (AvgIpc) is 2.48. The van der Waals surface area contributed by atoms with E-state index >= 15 is 0 Å². The molecule has 0 unspecified atom stereocenters. The van der Waals surface area contributed by atoms with E-state index in [1.54, 1.807) is 5.01 Å². The van der Waals surface area contributed by atoms with Gasteiger partial charge in [-0.05, 0) is 12.1 Å². The number of hydrogen-bond donors (Lipinski definition) is 2. The molecule has 0 radical (unpaired) electrons. The summed E-state index contributed by atoms with van der Waals surface area (Å²) in [6.45, 7) is 9.67. The summed E-state index contributed by atoms with van der Waals surface area (Å²) in [6, 6.07) is 9.80. The highest BCUT2D eigenvalue weighted by molar-refractivity contribution is 6.06. The minimum absolute atomic E-state index is 0.272. The minimum atomic E-state index is -1.57. The molecule has 0 aliphatic carbocycles. The molecule has 6 nitrogen and oxygen atoms in total. The molecule has 0 saturated heterocycles. The van der Waals surface area contributed by atoms with Crippen LogP contribution in [0.3, 0.4) is 0 Å². The van der Waals surface area contributed by atoms with Crippen LogP contribution >= 0.6 is 0 Å². The highest BCUT2D eigenvalue weighted by Crippen LogP contribution is 2.06. The number of carbonyl (C=O) groups is 2. The first-order valence-electron chi connectivity index (χ1n) is 6.80. The number of nitrogens with two attached hydrogens (primary N) is 1. The predicted molar refractivity (Wildman–Crippen MR) is 88.0 cm³/mol. The Morgan fingerprint density at radius 2 is 1.77 bits per heavy atom. The maximum Gasteiger partial charge on any atom is 0.343 e. The standard InChI is InChI=1S/C7H10N2.C7H10O4.C2H6/c1-9(8)7-5-3-2-4-6-7;1-5(4-8)6(9)11-7(2,3)10;1-2/h2-6H,8H2,1H3;4,10H,1H2,2-3H3;1-2H3. The minimum Gasteiger partial charge on any atom is -0.430 e. The molecule has 0 atom stereocenters. The van der Waals surface area contributed by atoms with E-state index < -0.39 is 11.8 Å². The summed E-state index contributed by atoms with van der Waals surface area (Å²) in [5.41, 5.74) is 0.713. The fourth-order valence-electron chi connectivity index (χ4n) is 1.00. The maximum atomic E-state index is 10.7.